The molecule has 1 N–H and O–H groups in total. The van der Waals surface area contributed by atoms with Gasteiger partial charge < -0.3 is 14.4 Å². The first-order chi connectivity index (χ1) is 25.8. The summed E-state index contributed by atoms with van der Waals surface area (Å²) in [5.74, 6) is -0.788. The predicted molar refractivity (Wildman–Crippen MR) is 221 cm³/mol. The second kappa shape index (κ2) is 40.7. The molecule has 0 radical (unpaired) electrons. The highest BCUT2D eigenvalue weighted by molar-refractivity contribution is 7.47. The van der Waals surface area contributed by atoms with Crippen LogP contribution in [0.4, 0.5) is 0 Å². The molecular formula is C44H87O8P. The quantitative estimate of drug-likeness (QED) is 0.0370. The van der Waals surface area contributed by atoms with Gasteiger partial charge in [0.2, 0.25) is 0 Å². The molecule has 2 atom stereocenters. The van der Waals surface area contributed by atoms with E-state index in [4.69, 9.17) is 14.0 Å². The van der Waals surface area contributed by atoms with Crippen molar-refractivity contribution in [1.29, 1.82) is 0 Å². The average molecular weight is 775 g/mol. The summed E-state index contributed by atoms with van der Waals surface area (Å²) in [4.78, 5) is 34.4. The van der Waals surface area contributed by atoms with Gasteiger partial charge in [0.1, 0.15) is 6.61 Å². The summed E-state index contributed by atoms with van der Waals surface area (Å²) < 4.78 is 32.0. The zero-order chi connectivity index (χ0) is 38.9. The van der Waals surface area contributed by atoms with Crippen LogP contribution in [0.2, 0.25) is 0 Å². The van der Waals surface area contributed by atoms with Crippen molar-refractivity contribution >= 4 is 19.8 Å². The van der Waals surface area contributed by atoms with Crippen molar-refractivity contribution in [1.82, 2.24) is 0 Å². The van der Waals surface area contributed by atoms with E-state index in [1.165, 1.54) is 180 Å². The Bertz CT molecular complexity index is 838. The molecular weight excluding hydrogens is 687 g/mol. The molecule has 0 bridgehead atoms. The third-order valence-electron chi connectivity index (χ3n) is 10.4. The molecule has 0 aliphatic heterocycles. The minimum absolute atomic E-state index is 0.217. The Morgan fingerprint density at radius 2 is 0.736 bits per heavy atom. The van der Waals surface area contributed by atoms with Crippen LogP contribution >= 0.6 is 7.82 Å². The van der Waals surface area contributed by atoms with Crippen LogP contribution in [0.1, 0.15) is 245 Å². The van der Waals surface area contributed by atoms with Crippen molar-refractivity contribution in [3.63, 3.8) is 0 Å². The molecule has 0 aromatic rings. The van der Waals surface area contributed by atoms with Gasteiger partial charge in [0, 0.05) is 20.0 Å². The topological polar surface area (TPSA) is 108 Å². The number of phosphoric acid groups is 1. The van der Waals surface area contributed by atoms with E-state index in [0.717, 1.165) is 45.6 Å². The third kappa shape index (κ3) is 40.5. The minimum atomic E-state index is -4.25. The van der Waals surface area contributed by atoms with Gasteiger partial charge in [-0.05, 0) is 12.8 Å². The molecule has 0 aliphatic carbocycles. The van der Waals surface area contributed by atoms with Crippen molar-refractivity contribution < 1.29 is 37.6 Å². The second-order valence-electron chi connectivity index (χ2n) is 15.6. The Morgan fingerprint density at radius 1 is 0.453 bits per heavy atom. The lowest BCUT2D eigenvalue weighted by atomic mass is 10.0. The van der Waals surface area contributed by atoms with Gasteiger partial charge in [0.25, 0.3) is 0 Å². The smallest absolute Gasteiger partial charge is 0.462 e. The first kappa shape index (κ1) is 52.0. The van der Waals surface area contributed by atoms with Gasteiger partial charge in [0.05, 0.1) is 6.61 Å². The largest absolute Gasteiger partial charge is 0.472 e. The minimum Gasteiger partial charge on any atom is -0.462 e. The van der Waals surface area contributed by atoms with Crippen LogP contribution in [-0.2, 0) is 32.7 Å². The molecule has 0 amide bonds. The summed E-state index contributed by atoms with van der Waals surface area (Å²) in [6.07, 6.45) is 43.1. The van der Waals surface area contributed by atoms with Gasteiger partial charge in [-0.25, -0.2) is 4.57 Å². The summed E-state index contributed by atoms with van der Waals surface area (Å²) in [7, 11) is -3.19. The molecule has 0 spiro atoms. The van der Waals surface area contributed by atoms with Crippen molar-refractivity contribution in [3.8, 4) is 0 Å². The number of ether oxygens (including phenoxy) is 2. The molecule has 0 aliphatic rings. The Balaban J connectivity index is 3.83. The number of carbonyl (C=O) groups excluding carboxylic acids is 2. The van der Waals surface area contributed by atoms with E-state index in [1.807, 2.05) is 0 Å². The SMILES string of the molecule is CCCCCCCCCCCCCCCCCCCCCCCCCC(=O)OC(COC(=O)CCCCCCCCCCCCC)COP(=O)(O)OC. The molecule has 316 valence electrons. The van der Waals surface area contributed by atoms with E-state index in [9.17, 15) is 19.0 Å². The lowest BCUT2D eigenvalue weighted by Crippen LogP contribution is -2.29. The van der Waals surface area contributed by atoms with Gasteiger partial charge in [0.15, 0.2) is 6.10 Å². The van der Waals surface area contributed by atoms with Gasteiger partial charge >= 0.3 is 19.8 Å². The van der Waals surface area contributed by atoms with E-state index in [1.54, 1.807) is 0 Å². The normalized spacial score (nSPS) is 13.2. The lowest BCUT2D eigenvalue weighted by Gasteiger charge is -2.19. The highest BCUT2D eigenvalue weighted by Gasteiger charge is 2.24. The van der Waals surface area contributed by atoms with Crippen LogP contribution in [-0.4, -0.2) is 43.3 Å². The Morgan fingerprint density at radius 3 is 1.04 bits per heavy atom. The van der Waals surface area contributed by atoms with Crippen molar-refractivity contribution in [3.05, 3.63) is 0 Å². The summed E-state index contributed by atoms with van der Waals surface area (Å²) in [6.45, 7) is 3.91. The van der Waals surface area contributed by atoms with E-state index < -0.39 is 26.5 Å². The van der Waals surface area contributed by atoms with Crippen molar-refractivity contribution in [2.75, 3.05) is 20.3 Å². The number of phosphoric ester groups is 1. The third-order valence-corrected chi connectivity index (χ3v) is 11.3. The van der Waals surface area contributed by atoms with Crippen LogP contribution in [0, 0.1) is 0 Å². The standard InChI is InChI=1S/C44H87O8P/c1-4-6-8-10-12-14-16-17-18-19-20-21-22-23-24-25-26-27-29-31-33-35-37-39-44(46)52-42(41-51-53(47,48)49-3)40-50-43(45)38-36-34-32-30-28-15-13-11-9-7-5-2/h42H,4-41H2,1-3H3,(H,47,48). The fourth-order valence-corrected chi connectivity index (χ4v) is 7.30. The molecule has 0 fully saturated rings. The monoisotopic (exact) mass is 775 g/mol. The Labute approximate surface area is 328 Å². The summed E-state index contributed by atoms with van der Waals surface area (Å²) in [5, 5.41) is 0. The maximum absolute atomic E-state index is 12.5. The number of hydrogen-bond acceptors (Lipinski definition) is 7. The highest BCUT2D eigenvalue weighted by Crippen LogP contribution is 2.42. The van der Waals surface area contributed by atoms with Crippen molar-refractivity contribution in [2.45, 2.75) is 251 Å². The molecule has 0 heterocycles. The number of esters is 2. The van der Waals surface area contributed by atoms with Crippen LogP contribution in [0.25, 0.3) is 0 Å². The summed E-state index contributed by atoms with van der Waals surface area (Å²) >= 11 is 0. The van der Waals surface area contributed by atoms with E-state index >= 15 is 0 Å². The molecule has 0 aromatic carbocycles. The molecule has 8 nitrogen and oxygen atoms in total. The van der Waals surface area contributed by atoms with Gasteiger partial charge in [-0.2, -0.15) is 0 Å². The maximum atomic E-state index is 12.5. The highest BCUT2D eigenvalue weighted by atomic mass is 31.2. The number of unbranched alkanes of at least 4 members (excludes halogenated alkanes) is 32. The van der Waals surface area contributed by atoms with Crippen LogP contribution in [0.15, 0.2) is 0 Å². The fourth-order valence-electron chi connectivity index (χ4n) is 6.84. The fraction of sp³-hybridized carbons (Fsp3) is 0.955. The number of hydrogen-bond donors (Lipinski definition) is 1. The first-order valence-electron chi connectivity index (χ1n) is 22.7. The molecule has 0 saturated carbocycles. The lowest BCUT2D eigenvalue weighted by molar-refractivity contribution is -0.161. The molecule has 0 rings (SSSR count). The molecule has 0 aromatic heterocycles. The number of carbonyl (C=O) groups is 2. The molecule has 9 heteroatoms. The summed E-state index contributed by atoms with van der Waals surface area (Å²) in [5.41, 5.74) is 0. The van der Waals surface area contributed by atoms with Gasteiger partial charge in [-0.3, -0.25) is 18.6 Å². The van der Waals surface area contributed by atoms with E-state index in [0.29, 0.717) is 6.42 Å². The second-order valence-corrected chi connectivity index (χ2v) is 17.1. The molecule has 2 unspecified atom stereocenters. The van der Waals surface area contributed by atoms with Crippen LogP contribution in [0.5, 0.6) is 0 Å². The van der Waals surface area contributed by atoms with E-state index in [-0.39, 0.29) is 19.0 Å². The predicted octanol–water partition coefficient (Wildman–Crippen LogP) is 14.3. The number of rotatable bonds is 43. The first-order valence-corrected chi connectivity index (χ1v) is 24.2. The van der Waals surface area contributed by atoms with Crippen LogP contribution in [0.3, 0.4) is 0 Å². The maximum Gasteiger partial charge on any atom is 0.472 e. The Hall–Kier alpha value is -0.950. The van der Waals surface area contributed by atoms with Crippen LogP contribution < -0.4 is 0 Å². The molecule has 0 saturated heterocycles. The summed E-state index contributed by atoms with van der Waals surface area (Å²) in [6, 6.07) is 0. The molecule has 53 heavy (non-hydrogen) atoms. The average Bonchev–Trinajstić information content (AvgIpc) is 3.15. The van der Waals surface area contributed by atoms with Gasteiger partial charge in [-0.1, -0.05) is 219 Å². The Kier molecular flexibility index (Phi) is 40.0. The van der Waals surface area contributed by atoms with Crippen molar-refractivity contribution in [2.24, 2.45) is 0 Å². The zero-order valence-corrected chi connectivity index (χ0v) is 36.1. The van der Waals surface area contributed by atoms with Gasteiger partial charge in [-0.15, -0.1) is 0 Å². The zero-order valence-electron chi connectivity index (χ0n) is 35.2. The van der Waals surface area contributed by atoms with E-state index in [2.05, 4.69) is 18.4 Å².